The number of hydrogen-bond donors (Lipinski definition) is 2. The molecule has 188 valence electrons. The highest BCUT2D eigenvalue weighted by molar-refractivity contribution is 9.10. The number of anilines is 1. The third kappa shape index (κ3) is 6.94. The van der Waals surface area contributed by atoms with Gasteiger partial charge in [-0.2, -0.15) is 5.26 Å². The Morgan fingerprint density at radius 2 is 1.89 bits per heavy atom. The Balaban J connectivity index is 1.52. The quantitative estimate of drug-likeness (QED) is 0.336. The molecule has 1 aliphatic heterocycles. The number of ether oxygens (including phenoxy) is 2. The minimum absolute atomic E-state index is 0.0393. The molecule has 0 saturated heterocycles. The van der Waals surface area contributed by atoms with Gasteiger partial charge in [-0.15, -0.1) is 0 Å². The van der Waals surface area contributed by atoms with Crippen molar-refractivity contribution in [2.45, 2.75) is 18.9 Å². The first-order valence-electron chi connectivity index (χ1n) is 11.4. The summed E-state index contributed by atoms with van der Waals surface area (Å²) in [4.78, 5) is 25.1. The van der Waals surface area contributed by atoms with E-state index in [1.807, 2.05) is 54.6 Å². The normalized spacial score (nSPS) is 14.9. The van der Waals surface area contributed by atoms with Gasteiger partial charge in [0.1, 0.15) is 6.61 Å². The van der Waals surface area contributed by atoms with Crippen molar-refractivity contribution in [1.82, 2.24) is 5.32 Å². The summed E-state index contributed by atoms with van der Waals surface area (Å²) in [6.45, 7) is 0.349. The first-order valence-corrected chi connectivity index (χ1v) is 13.2. The number of allylic oxidation sites excluding steroid dienone is 1. The van der Waals surface area contributed by atoms with Gasteiger partial charge in [0.25, 0.3) is 0 Å². The monoisotopic (exact) mass is 577 g/mol. The molecular formula is C28H24BrN3O4S. The lowest BCUT2D eigenvalue weighted by Crippen LogP contribution is -2.31. The number of hydrogen-bond acceptors (Lipinski definition) is 6. The number of nitriles is 1. The van der Waals surface area contributed by atoms with Crippen LogP contribution < -0.4 is 20.1 Å². The Morgan fingerprint density at radius 3 is 2.59 bits per heavy atom. The Labute approximate surface area is 228 Å². The third-order valence-electron chi connectivity index (χ3n) is 5.66. The highest BCUT2D eigenvalue weighted by Gasteiger charge is 2.30. The van der Waals surface area contributed by atoms with Gasteiger partial charge in [0.05, 0.1) is 29.5 Å². The number of methoxy groups -OCH3 is 1. The molecule has 9 heteroatoms. The SMILES string of the molecule is COc1ccc([C@H]2CC(=O)NC(SCC(=O)Nc3ccc(Br)cc3)=C2C#N)cc1OCc1ccccc1. The van der Waals surface area contributed by atoms with E-state index in [1.54, 1.807) is 25.3 Å². The molecule has 2 N–H and O–H groups in total. The molecule has 1 aliphatic rings. The van der Waals surface area contributed by atoms with Crippen LogP contribution in [0.4, 0.5) is 5.69 Å². The molecule has 7 nitrogen and oxygen atoms in total. The Bertz CT molecular complexity index is 1350. The van der Waals surface area contributed by atoms with Crippen LogP contribution in [0.1, 0.15) is 23.5 Å². The second-order valence-corrected chi connectivity index (χ2v) is 10.1. The first-order chi connectivity index (χ1) is 18.0. The second kappa shape index (κ2) is 12.5. The van der Waals surface area contributed by atoms with Gasteiger partial charge in [-0.3, -0.25) is 9.59 Å². The molecule has 0 radical (unpaired) electrons. The Hall–Kier alpha value is -3.74. The van der Waals surface area contributed by atoms with Crippen molar-refractivity contribution in [1.29, 1.82) is 5.26 Å². The summed E-state index contributed by atoms with van der Waals surface area (Å²) in [5, 5.41) is 16.0. The smallest absolute Gasteiger partial charge is 0.234 e. The molecule has 3 aromatic carbocycles. The molecule has 0 fully saturated rings. The first kappa shape index (κ1) is 26.3. The topological polar surface area (TPSA) is 100 Å². The minimum atomic E-state index is -0.472. The van der Waals surface area contributed by atoms with Crippen LogP contribution in [0.25, 0.3) is 0 Å². The fourth-order valence-corrected chi connectivity index (χ4v) is 4.99. The number of rotatable bonds is 9. The summed E-state index contributed by atoms with van der Waals surface area (Å²) < 4.78 is 12.4. The lowest BCUT2D eigenvalue weighted by atomic mass is 9.87. The fourth-order valence-electron chi connectivity index (χ4n) is 3.84. The van der Waals surface area contributed by atoms with Crippen LogP contribution in [0.15, 0.2) is 87.9 Å². The third-order valence-corrected chi connectivity index (χ3v) is 7.20. The molecule has 37 heavy (non-hydrogen) atoms. The van der Waals surface area contributed by atoms with Gasteiger partial charge in [0.2, 0.25) is 11.8 Å². The van der Waals surface area contributed by atoms with E-state index in [0.717, 1.165) is 27.4 Å². The van der Waals surface area contributed by atoms with Gasteiger partial charge in [-0.1, -0.05) is 64.1 Å². The maximum absolute atomic E-state index is 12.6. The second-order valence-electron chi connectivity index (χ2n) is 8.19. The molecule has 3 aromatic rings. The van der Waals surface area contributed by atoms with E-state index in [4.69, 9.17) is 9.47 Å². The highest BCUT2D eigenvalue weighted by Crippen LogP contribution is 2.39. The molecule has 0 spiro atoms. The fraction of sp³-hybridized carbons (Fsp3) is 0.179. The van der Waals surface area contributed by atoms with Crippen LogP contribution in [-0.4, -0.2) is 24.7 Å². The molecule has 0 bridgehead atoms. The van der Waals surface area contributed by atoms with Gasteiger partial charge >= 0.3 is 0 Å². The maximum atomic E-state index is 12.6. The van der Waals surface area contributed by atoms with Crippen molar-refractivity contribution in [3.05, 3.63) is 99.0 Å². The highest BCUT2D eigenvalue weighted by atomic mass is 79.9. The molecule has 0 unspecified atom stereocenters. The van der Waals surface area contributed by atoms with Crippen molar-refractivity contribution in [3.8, 4) is 17.6 Å². The van der Waals surface area contributed by atoms with Crippen molar-refractivity contribution in [2.24, 2.45) is 0 Å². The number of carbonyl (C=O) groups is 2. The summed E-state index contributed by atoms with van der Waals surface area (Å²) in [7, 11) is 1.56. The van der Waals surface area contributed by atoms with Crippen LogP contribution in [0, 0.1) is 11.3 Å². The summed E-state index contributed by atoms with van der Waals surface area (Å²) in [5.74, 6) is 0.187. The zero-order valence-electron chi connectivity index (χ0n) is 20.0. The van der Waals surface area contributed by atoms with Gasteiger partial charge in [-0.25, -0.2) is 0 Å². The van der Waals surface area contributed by atoms with E-state index in [9.17, 15) is 14.9 Å². The van der Waals surface area contributed by atoms with Crippen LogP contribution in [-0.2, 0) is 16.2 Å². The zero-order chi connectivity index (χ0) is 26.2. The van der Waals surface area contributed by atoms with E-state index in [0.29, 0.717) is 34.4 Å². The number of halogens is 1. The number of benzene rings is 3. The average molecular weight is 578 g/mol. The van der Waals surface area contributed by atoms with Crippen molar-refractivity contribution >= 4 is 45.2 Å². The van der Waals surface area contributed by atoms with Crippen LogP contribution in [0.3, 0.4) is 0 Å². The molecule has 1 heterocycles. The molecule has 0 aliphatic carbocycles. The van der Waals surface area contributed by atoms with Gasteiger partial charge in [-0.05, 0) is 47.5 Å². The van der Waals surface area contributed by atoms with E-state index >= 15 is 0 Å². The summed E-state index contributed by atoms with van der Waals surface area (Å²) in [6, 6.07) is 24.6. The maximum Gasteiger partial charge on any atom is 0.234 e. The van der Waals surface area contributed by atoms with E-state index in [2.05, 4.69) is 32.6 Å². The number of carbonyl (C=O) groups excluding carboxylic acids is 2. The predicted octanol–water partition coefficient (Wildman–Crippen LogP) is 5.75. The number of nitrogens with zero attached hydrogens (tertiary/aromatic N) is 1. The molecule has 0 aromatic heterocycles. The summed E-state index contributed by atoms with van der Waals surface area (Å²) >= 11 is 4.49. The van der Waals surface area contributed by atoms with Crippen LogP contribution >= 0.6 is 27.7 Å². The van der Waals surface area contributed by atoms with Gasteiger partial charge in [0, 0.05) is 22.5 Å². The van der Waals surface area contributed by atoms with Crippen LogP contribution in [0.2, 0.25) is 0 Å². The van der Waals surface area contributed by atoms with Gasteiger partial charge < -0.3 is 20.1 Å². The van der Waals surface area contributed by atoms with E-state index in [1.165, 1.54) is 0 Å². The minimum Gasteiger partial charge on any atom is -0.493 e. The number of thioether (sulfide) groups is 1. The molecule has 1 atom stereocenters. The van der Waals surface area contributed by atoms with E-state index < -0.39 is 5.92 Å². The number of amides is 2. The molecule has 4 rings (SSSR count). The lowest BCUT2D eigenvalue weighted by Gasteiger charge is -2.25. The largest absolute Gasteiger partial charge is 0.493 e. The van der Waals surface area contributed by atoms with Crippen molar-refractivity contribution < 1.29 is 19.1 Å². The van der Waals surface area contributed by atoms with E-state index in [-0.39, 0.29) is 24.0 Å². The predicted molar refractivity (Wildman–Crippen MR) is 147 cm³/mol. The molecule has 0 saturated carbocycles. The Kier molecular flexibility index (Phi) is 8.88. The standard InChI is InChI=1S/C28H24BrN3O4S/c1-35-24-12-7-19(13-25(24)36-16-18-5-3-2-4-6-18)22-14-26(33)32-28(23(22)15-30)37-17-27(34)31-21-10-8-20(29)9-11-21/h2-13,22H,14,16-17H2,1H3,(H,31,34)(H,32,33)/t22-/m1/s1. The van der Waals surface area contributed by atoms with Crippen molar-refractivity contribution in [3.63, 3.8) is 0 Å². The molecular weight excluding hydrogens is 554 g/mol. The summed E-state index contributed by atoms with van der Waals surface area (Å²) in [6.07, 6.45) is 0.114. The number of nitrogens with one attached hydrogen (secondary N) is 2. The average Bonchev–Trinajstić information content (AvgIpc) is 2.92. The molecule has 2 amide bonds. The van der Waals surface area contributed by atoms with Gasteiger partial charge in [0.15, 0.2) is 11.5 Å². The lowest BCUT2D eigenvalue weighted by molar-refractivity contribution is -0.121. The zero-order valence-corrected chi connectivity index (χ0v) is 22.4. The van der Waals surface area contributed by atoms with Crippen molar-refractivity contribution in [2.75, 3.05) is 18.2 Å². The Morgan fingerprint density at radius 1 is 1.14 bits per heavy atom. The van der Waals surface area contributed by atoms with Crippen LogP contribution in [0.5, 0.6) is 11.5 Å². The summed E-state index contributed by atoms with van der Waals surface area (Å²) in [5.41, 5.74) is 2.83.